The molecule has 1 aliphatic heterocycles. The molecule has 0 radical (unpaired) electrons. The first-order chi connectivity index (χ1) is 9.42. The molecular formula is C14H17F3N2O. The van der Waals surface area contributed by atoms with Crippen molar-refractivity contribution in [3.05, 3.63) is 30.1 Å². The molecule has 1 aliphatic rings. The maximum Gasteiger partial charge on any atom is 0.411 e. The SMILES string of the molecule is CCC[C@@]1(C(F)(F)F)CCCN1C(=O)c1ccccn1. The summed E-state index contributed by atoms with van der Waals surface area (Å²) in [6.07, 6.45) is -2.33. The maximum absolute atomic E-state index is 13.5. The molecule has 0 bridgehead atoms. The Kier molecular flexibility index (Phi) is 4.01. The molecule has 0 unspecified atom stereocenters. The van der Waals surface area contributed by atoms with Gasteiger partial charge < -0.3 is 4.90 Å². The average Bonchev–Trinajstić information content (AvgIpc) is 2.84. The monoisotopic (exact) mass is 286 g/mol. The van der Waals surface area contributed by atoms with Gasteiger partial charge in [-0.15, -0.1) is 0 Å². The highest BCUT2D eigenvalue weighted by atomic mass is 19.4. The highest BCUT2D eigenvalue weighted by molar-refractivity contribution is 5.93. The normalized spacial score (nSPS) is 23.1. The van der Waals surface area contributed by atoms with Gasteiger partial charge in [-0.2, -0.15) is 13.2 Å². The fourth-order valence-electron chi connectivity index (χ4n) is 2.91. The Labute approximate surface area is 115 Å². The highest BCUT2D eigenvalue weighted by Crippen LogP contribution is 2.46. The van der Waals surface area contributed by atoms with Gasteiger partial charge >= 0.3 is 6.18 Å². The quantitative estimate of drug-likeness (QED) is 0.853. The molecule has 110 valence electrons. The molecule has 6 heteroatoms. The second-order valence-corrected chi connectivity index (χ2v) is 5.05. The number of hydrogen-bond acceptors (Lipinski definition) is 2. The molecule has 0 spiro atoms. The van der Waals surface area contributed by atoms with Crippen LogP contribution >= 0.6 is 0 Å². The molecule has 1 saturated heterocycles. The van der Waals surface area contributed by atoms with Crippen molar-refractivity contribution in [1.29, 1.82) is 0 Å². The molecule has 1 aromatic rings. The van der Waals surface area contributed by atoms with Gasteiger partial charge in [0.15, 0.2) is 0 Å². The van der Waals surface area contributed by atoms with E-state index in [2.05, 4.69) is 4.98 Å². The first-order valence-corrected chi connectivity index (χ1v) is 6.72. The van der Waals surface area contributed by atoms with Crippen LogP contribution in [-0.2, 0) is 0 Å². The van der Waals surface area contributed by atoms with Crippen molar-refractivity contribution in [2.45, 2.75) is 44.3 Å². The molecule has 0 aromatic carbocycles. The van der Waals surface area contributed by atoms with E-state index in [0.717, 1.165) is 4.90 Å². The molecule has 1 atom stereocenters. The van der Waals surface area contributed by atoms with Crippen LogP contribution in [0.1, 0.15) is 43.1 Å². The van der Waals surface area contributed by atoms with Gasteiger partial charge in [0.2, 0.25) is 0 Å². The third-order valence-corrected chi connectivity index (χ3v) is 3.81. The summed E-state index contributed by atoms with van der Waals surface area (Å²) in [4.78, 5) is 17.2. The van der Waals surface area contributed by atoms with E-state index in [1.807, 2.05) is 0 Å². The van der Waals surface area contributed by atoms with E-state index in [1.54, 1.807) is 19.1 Å². The lowest BCUT2D eigenvalue weighted by atomic mass is 9.89. The summed E-state index contributed by atoms with van der Waals surface area (Å²) in [7, 11) is 0. The van der Waals surface area contributed by atoms with Crippen molar-refractivity contribution >= 4 is 5.91 Å². The van der Waals surface area contributed by atoms with Crippen molar-refractivity contribution < 1.29 is 18.0 Å². The van der Waals surface area contributed by atoms with Gasteiger partial charge in [0, 0.05) is 12.7 Å². The van der Waals surface area contributed by atoms with Crippen LogP contribution < -0.4 is 0 Å². The van der Waals surface area contributed by atoms with Crippen molar-refractivity contribution in [2.75, 3.05) is 6.54 Å². The Bertz CT molecular complexity index is 475. The van der Waals surface area contributed by atoms with Crippen molar-refractivity contribution in [3.63, 3.8) is 0 Å². The lowest BCUT2D eigenvalue weighted by Gasteiger charge is -2.39. The van der Waals surface area contributed by atoms with Crippen LogP contribution in [0.2, 0.25) is 0 Å². The molecule has 0 N–H and O–H groups in total. The number of carbonyl (C=O) groups is 1. The largest absolute Gasteiger partial charge is 0.411 e. The van der Waals surface area contributed by atoms with Gasteiger partial charge in [-0.3, -0.25) is 9.78 Å². The number of carbonyl (C=O) groups excluding carboxylic acids is 1. The number of halogens is 3. The van der Waals surface area contributed by atoms with Gasteiger partial charge in [-0.1, -0.05) is 19.4 Å². The first-order valence-electron chi connectivity index (χ1n) is 6.72. The lowest BCUT2D eigenvalue weighted by molar-refractivity contribution is -0.217. The third kappa shape index (κ3) is 2.39. The molecule has 0 aliphatic carbocycles. The van der Waals surface area contributed by atoms with E-state index in [9.17, 15) is 18.0 Å². The predicted molar refractivity (Wildman–Crippen MR) is 68.2 cm³/mol. The minimum Gasteiger partial charge on any atom is -0.323 e. The molecule has 1 fully saturated rings. The number of likely N-dealkylation sites (tertiary alicyclic amines) is 1. The minimum absolute atomic E-state index is 0.0249. The lowest BCUT2D eigenvalue weighted by Crippen LogP contribution is -2.57. The van der Waals surface area contributed by atoms with Gasteiger partial charge in [0.1, 0.15) is 11.2 Å². The zero-order valence-corrected chi connectivity index (χ0v) is 11.3. The van der Waals surface area contributed by atoms with Gasteiger partial charge in [0.25, 0.3) is 5.91 Å². The van der Waals surface area contributed by atoms with Crippen LogP contribution in [0, 0.1) is 0 Å². The summed E-state index contributed by atoms with van der Waals surface area (Å²) in [5.41, 5.74) is -1.96. The Hall–Kier alpha value is -1.59. The van der Waals surface area contributed by atoms with Crippen molar-refractivity contribution in [3.8, 4) is 0 Å². The number of hydrogen-bond donors (Lipinski definition) is 0. The Morgan fingerprint density at radius 1 is 1.45 bits per heavy atom. The molecule has 1 amide bonds. The minimum atomic E-state index is -4.41. The predicted octanol–water partition coefficient (Wildman–Crippen LogP) is 3.42. The Morgan fingerprint density at radius 2 is 2.20 bits per heavy atom. The summed E-state index contributed by atoms with van der Waals surface area (Å²) in [5.74, 6) is -0.631. The zero-order chi connectivity index (χ0) is 14.8. The van der Waals surface area contributed by atoms with Crippen LogP contribution in [-0.4, -0.2) is 34.1 Å². The number of amides is 1. The summed E-state index contributed by atoms with van der Waals surface area (Å²) in [5, 5.41) is 0. The van der Waals surface area contributed by atoms with Crippen molar-refractivity contribution in [1.82, 2.24) is 9.88 Å². The molecule has 1 aromatic heterocycles. The second kappa shape index (κ2) is 5.42. The molecule has 3 nitrogen and oxygen atoms in total. The van der Waals surface area contributed by atoms with Crippen LogP contribution in [0.15, 0.2) is 24.4 Å². The van der Waals surface area contributed by atoms with E-state index in [1.165, 1.54) is 12.3 Å². The fourth-order valence-corrected chi connectivity index (χ4v) is 2.91. The van der Waals surface area contributed by atoms with E-state index in [-0.39, 0.29) is 25.1 Å². The number of pyridine rings is 1. The zero-order valence-electron chi connectivity index (χ0n) is 11.3. The van der Waals surface area contributed by atoms with E-state index in [0.29, 0.717) is 12.8 Å². The summed E-state index contributed by atoms with van der Waals surface area (Å²) in [6.45, 7) is 1.84. The summed E-state index contributed by atoms with van der Waals surface area (Å²) in [6, 6.07) is 4.68. The number of rotatable bonds is 3. The number of aromatic nitrogens is 1. The van der Waals surface area contributed by atoms with Gasteiger partial charge in [-0.25, -0.2) is 0 Å². The average molecular weight is 286 g/mol. The maximum atomic E-state index is 13.5. The molecule has 2 heterocycles. The number of alkyl halides is 3. The fraction of sp³-hybridized carbons (Fsp3) is 0.571. The summed E-state index contributed by atoms with van der Waals surface area (Å²) < 4.78 is 40.5. The van der Waals surface area contributed by atoms with Crippen molar-refractivity contribution in [2.24, 2.45) is 0 Å². The van der Waals surface area contributed by atoms with Crippen LogP contribution in [0.4, 0.5) is 13.2 Å². The molecule has 0 saturated carbocycles. The van der Waals surface area contributed by atoms with E-state index < -0.39 is 17.6 Å². The van der Waals surface area contributed by atoms with E-state index in [4.69, 9.17) is 0 Å². The van der Waals surface area contributed by atoms with Gasteiger partial charge in [-0.05, 0) is 31.4 Å². The molecule has 20 heavy (non-hydrogen) atoms. The van der Waals surface area contributed by atoms with Crippen LogP contribution in [0.3, 0.4) is 0 Å². The number of nitrogens with zero attached hydrogens (tertiary/aromatic N) is 2. The van der Waals surface area contributed by atoms with E-state index >= 15 is 0 Å². The van der Waals surface area contributed by atoms with Crippen LogP contribution in [0.25, 0.3) is 0 Å². The van der Waals surface area contributed by atoms with Crippen LogP contribution in [0.5, 0.6) is 0 Å². The summed E-state index contributed by atoms with van der Waals surface area (Å²) >= 11 is 0. The smallest absolute Gasteiger partial charge is 0.323 e. The Morgan fingerprint density at radius 3 is 2.75 bits per heavy atom. The first kappa shape index (κ1) is 14.8. The second-order valence-electron chi connectivity index (χ2n) is 5.05. The van der Waals surface area contributed by atoms with Gasteiger partial charge in [0.05, 0.1) is 0 Å². The topological polar surface area (TPSA) is 33.2 Å². The standard InChI is InChI=1S/C14H17F3N2O/c1-2-7-13(14(15,16)17)8-5-10-19(13)12(20)11-6-3-4-9-18-11/h3-4,6,9H,2,5,7-8,10H2,1H3/t13-/m0/s1. The molecule has 2 rings (SSSR count). The highest BCUT2D eigenvalue weighted by Gasteiger charge is 2.61. The Balaban J connectivity index is 2.36. The molecular weight excluding hydrogens is 269 g/mol. The third-order valence-electron chi connectivity index (χ3n) is 3.81.